The first-order valence-electron chi connectivity index (χ1n) is 6.81. The summed E-state index contributed by atoms with van der Waals surface area (Å²) < 4.78 is 11.0. The number of benzene rings is 1. The van der Waals surface area contributed by atoms with Gasteiger partial charge in [-0.1, -0.05) is 19.9 Å². The van der Waals surface area contributed by atoms with Gasteiger partial charge < -0.3 is 20.5 Å². The molecule has 0 aliphatic heterocycles. The Labute approximate surface area is 115 Å². The minimum atomic E-state index is 0.114. The van der Waals surface area contributed by atoms with Crippen LogP contribution in [0.25, 0.3) is 0 Å². The van der Waals surface area contributed by atoms with Gasteiger partial charge in [0.15, 0.2) is 0 Å². The summed E-state index contributed by atoms with van der Waals surface area (Å²) in [6, 6.07) is 6.22. The Hall–Kier alpha value is -1.42. The minimum absolute atomic E-state index is 0.114. The average molecular weight is 264 g/mol. The SMILES string of the molecule is CCOc1cccc(NC2CC(OC)C2(C)C)c1N. The summed E-state index contributed by atoms with van der Waals surface area (Å²) in [4.78, 5) is 0. The second-order valence-electron chi connectivity index (χ2n) is 5.63. The molecule has 1 saturated carbocycles. The van der Waals surface area contributed by atoms with E-state index < -0.39 is 0 Å². The number of hydrogen-bond donors (Lipinski definition) is 2. The van der Waals surface area contributed by atoms with Gasteiger partial charge in [-0.2, -0.15) is 0 Å². The molecule has 3 N–H and O–H groups in total. The summed E-state index contributed by atoms with van der Waals surface area (Å²) in [5.74, 6) is 0.743. The number of nitrogen functional groups attached to an aromatic ring is 1. The predicted molar refractivity (Wildman–Crippen MR) is 78.6 cm³/mol. The molecule has 2 rings (SSSR count). The van der Waals surface area contributed by atoms with E-state index in [-0.39, 0.29) is 5.41 Å². The van der Waals surface area contributed by atoms with Crippen LogP contribution in [0.15, 0.2) is 18.2 Å². The van der Waals surface area contributed by atoms with Gasteiger partial charge >= 0.3 is 0 Å². The molecule has 4 heteroatoms. The van der Waals surface area contributed by atoms with Crippen LogP contribution >= 0.6 is 0 Å². The van der Waals surface area contributed by atoms with E-state index in [1.165, 1.54) is 0 Å². The molecule has 2 atom stereocenters. The van der Waals surface area contributed by atoms with Crippen molar-refractivity contribution in [3.63, 3.8) is 0 Å². The molecular formula is C15H24N2O2. The maximum absolute atomic E-state index is 6.13. The molecule has 0 amide bonds. The lowest BCUT2D eigenvalue weighted by atomic mass is 9.64. The third-order valence-corrected chi connectivity index (χ3v) is 4.16. The lowest BCUT2D eigenvalue weighted by molar-refractivity contribution is -0.0794. The first-order chi connectivity index (χ1) is 9.00. The molecule has 1 fully saturated rings. The fourth-order valence-electron chi connectivity index (χ4n) is 2.67. The van der Waals surface area contributed by atoms with Crippen molar-refractivity contribution in [3.8, 4) is 5.75 Å². The molecule has 19 heavy (non-hydrogen) atoms. The van der Waals surface area contributed by atoms with Crippen LogP contribution in [0.5, 0.6) is 5.75 Å². The first kappa shape index (κ1) is 14.0. The monoisotopic (exact) mass is 264 g/mol. The molecule has 106 valence electrons. The largest absolute Gasteiger partial charge is 0.492 e. The number of nitrogens with one attached hydrogen (secondary N) is 1. The molecule has 2 unspecified atom stereocenters. The predicted octanol–water partition coefficient (Wildman–Crippen LogP) is 2.89. The highest BCUT2D eigenvalue weighted by molar-refractivity contribution is 5.73. The smallest absolute Gasteiger partial charge is 0.144 e. The average Bonchev–Trinajstić information content (AvgIpc) is 2.38. The fourth-order valence-corrected chi connectivity index (χ4v) is 2.67. The number of nitrogens with two attached hydrogens (primary N) is 1. The Morgan fingerprint density at radius 1 is 1.42 bits per heavy atom. The van der Waals surface area contributed by atoms with Crippen LogP contribution in [0, 0.1) is 5.41 Å². The Balaban J connectivity index is 2.10. The van der Waals surface area contributed by atoms with Crippen molar-refractivity contribution in [2.24, 2.45) is 5.41 Å². The molecule has 0 heterocycles. The minimum Gasteiger partial charge on any atom is -0.492 e. The van der Waals surface area contributed by atoms with Gasteiger partial charge in [0.2, 0.25) is 0 Å². The third kappa shape index (κ3) is 2.50. The number of rotatable bonds is 5. The second-order valence-corrected chi connectivity index (χ2v) is 5.63. The van der Waals surface area contributed by atoms with Crippen molar-refractivity contribution >= 4 is 11.4 Å². The Kier molecular flexibility index (Phi) is 3.90. The molecule has 0 radical (unpaired) electrons. The van der Waals surface area contributed by atoms with Gasteiger partial charge in [0.1, 0.15) is 5.75 Å². The summed E-state index contributed by atoms with van der Waals surface area (Å²) in [6.45, 7) is 7.00. The molecule has 1 aromatic carbocycles. The van der Waals surface area contributed by atoms with Crippen molar-refractivity contribution in [1.82, 2.24) is 0 Å². The number of para-hydroxylation sites is 1. The van der Waals surface area contributed by atoms with E-state index in [0.29, 0.717) is 24.4 Å². The van der Waals surface area contributed by atoms with Crippen LogP contribution in [-0.2, 0) is 4.74 Å². The van der Waals surface area contributed by atoms with Crippen LogP contribution in [0.4, 0.5) is 11.4 Å². The van der Waals surface area contributed by atoms with Gasteiger partial charge in [0, 0.05) is 18.6 Å². The van der Waals surface area contributed by atoms with Crippen molar-refractivity contribution in [2.45, 2.75) is 39.3 Å². The highest BCUT2D eigenvalue weighted by atomic mass is 16.5. The third-order valence-electron chi connectivity index (χ3n) is 4.16. The van der Waals surface area contributed by atoms with Gasteiger partial charge in [0.05, 0.1) is 24.1 Å². The van der Waals surface area contributed by atoms with Crippen LogP contribution < -0.4 is 15.8 Å². The summed E-state index contributed by atoms with van der Waals surface area (Å²) in [7, 11) is 1.77. The molecule has 0 spiro atoms. The number of methoxy groups -OCH3 is 1. The van der Waals surface area contributed by atoms with Gasteiger partial charge in [-0.3, -0.25) is 0 Å². The van der Waals surface area contributed by atoms with Gasteiger partial charge in [-0.25, -0.2) is 0 Å². The molecule has 0 saturated heterocycles. The summed E-state index contributed by atoms with van der Waals surface area (Å²) in [5, 5.41) is 3.52. The lowest BCUT2D eigenvalue weighted by Crippen LogP contribution is -2.57. The van der Waals surface area contributed by atoms with E-state index in [9.17, 15) is 0 Å². The fraction of sp³-hybridized carbons (Fsp3) is 0.600. The van der Waals surface area contributed by atoms with Gasteiger partial charge in [0.25, 0.3) is 0 Å². The van der Waals surface area contributed by atoms with Crippen LogP contribution in [0.2, 0.25) is 0 Å². The van der Waals surface area contributed by atoms with Crippen molar-refractivity contribution in [2.75, 3.05) is 24.8 Å². The van der Waals surface area contributed by atoms with Crippen LogP contribution in [-0.4, -0.2) is 25.9 Å². The zero-order chi connectivity index (χ0) is 14.0. The molecule has 1 aliphatic rings. The van der Waals surface area contributed by atoms with E-state index in [1.807, 2.05) is 25.1 Å². The molecule has 1 aliphatic carbocycles. The number of ether oxygens (including phenoxy) is 2. The van der Waals surface area contributed by atoms with Crippen molar-refractivity contribution in [3.05, 3.63) is 18.2 Å². The van der Waals surface area contributed by atoms with Crippen molar-refractivity contribution < 1.29 is 9.47 Å². The summed E-state index contributed by atoms with van der Waals surface area (Å²) in [6.07, 6.45) is 1.31. The quantitative estimate of drug-likeness (QED) is 0.803. The van der Waals surface area contributed by atoms with E-state index in [2.05, 4.69) is 19.2 Å². The Morgan fingerprint density at radius 2 is 2.16 bits per heavy atom. The van der Waals surface area contributed by atoms with Gasteiger partial charge in [-0.15, -0.1) is 0 Å². The second kappa shape index (κ2) is 5.29. The summed E-state index contributed by atoms with van der Waals surface area (Å²) >= 11 is 0. The zero-order valence-electron chi connectivity index (χ0n) is 12.2. The maximum Gasteiger partial charge on any atom is 0.144 e. The van der Waals surface area contributed by atoms with Crippen molar-refractivity contribution in [1.29, 1.82) is 0 Å². The zero-order valence-corrected chi connectivity index (χ0v) is 12.2. The van der Waals surface area contributed by atoms with Gasteiger partial charge in [-0.05, 0) is 25.5 Å². The van der Waals surface area contributed by atoms with E-state index >= 15 is 0 Å². The Bertz CT molecular complexity index is 446. The normalized spacial score (nSPS) is 24.6. The highest BCUT2D eigenvalue weighted by Gasteiger charge is 2.48. The van der Waals surface area contributed by atoms with E-state index in [4.69, 9.17) is 15.2 Å². The maximum atomic E-state index is 6.13. The van der Waals surface area contributed by atoms with E-state index in [0.717, 1.165) is 17.9 Å². The lowest BCUT2D eigenvalue weighted by Gasteiger charge is -2.51. The molecule has 1 aromatic rings. The molecular weight excluding hydrogens is 240 g/mol. The molecule has 0 bridgehead atoms. The topological polar surface area (TPSA) is 56.5 Å². The Morgan fingerprint density at radius 3 is 2.74 bits per heavy atom. The number of anilines is 2. The van der Waals surface area contributed by atoms with Crippen LogP contribution in [0.3, 0.4) is 0 Å². The highest BCUT2D eigenvalue weighted by Crippen LogP contribution is 2.45. The first-order valence-corrected chi connectivity index (χ1v) is 6.81. The molecule has 0 aromatic heterocycles. The standard InChI is InChI=1S/C15H24N2O2/c1-5-19-11-8-6-7-10(14(11)16)17-12-9-13(18-4)15(12,2)3/h6-8,12-13,17H,5,9,16H2,1-4H3. The van der Waals surface area contributed by atoms with Crippen LogP contribution in [0.1, 0.15) is 27.2 Å². The van der Waals surface area contributed by atoms with E-state index in [1.54, 1.807) is 7.11 Å². The number of hydrogen-bond acceptors (Lipinski definition) is 4. The summed E-state index contributed by atoms with van der Waals surface area (Å²) in [5.41, 5.74) is 7.87. The molecule has 4 nitrogen and oxygen atoms in total.